The van der Waals surface area contributed by atoms with Gasteiger partial charge in [0, 0.05) is 0 Å². The monoisotopic (exact) mass is 244 g/mol. The van der Waals surface area contributed by atoms with Crippen LogP contribution in [0.4, 0.5) is 0 Å². The zero-order valence-corrected chi connectivity index (χ0v) is 13.7. The molecule has 1 rings (SSSR count). The van der Waals surface area contributed by atoms with Gasteiger partial charge >= 0.3 is 29.6 Å². The van der Waals surface area contributed by atoms with E-state index in [4.69, 9.17) is 0 Å². The number of hydrogen-bond acceptors (Lipinski definition) is 1. The number of benzene rings is 1. The molecule has 0 bridgehead atoms. The first kappa shape index (κ1) is 17.0. The van der Waals surface area contributed by atoms with Crippen molar-refractivity contribution in [3.8, 4) is 5.75 Å². The second kappa shape index (κ2) is 9.02. The number of para-hydroxylation sites is 1. The van der Waals surface area contributed by atoms with Crippen LogP contribution in [0.3, 0.4) is 0 Å². The molecule has 0 aromatic heterocycles. The molecule has 0 saturated carbocycles. The second-order valence-electron chi connectivity index (χ2n) is 5.26. The Labute approximate surface area is 129 Å². The molecule has 1 atom stereocenters. The maximum atomic E-state index is 9.67. The number of aromatic hydroxyl groups is 1. The minimum Gasteiger partial charge on any atom is -1.00 e. The van der Waals surface area contributed by atoms with Crippen LogP contribution in [0.25, 0.3) is 0 Å². The fourth-order valence-electron chi connectivity index (χ4n) is 2.04. The number of rotatable bonds is 6. The summed E-state index contributed by atoms with van der Waals surface area (Å²) in [7, 11) is 0. The molecule has 1 nitrogen and oxygen atoms in total. The van der Waals surface area contributed by atoms with Crippen LogP contribution in [0.15, 0.2) is 24.3 Å². The van der Waals surface area contributed by atoms with E-state index in [2.05, 4.69) is 20.8 Å². The van der Waals surface area contributed by atoms with E-state index < -0.39 is 0 Å². The van der Waals surface area contributed by atoms with E-state index in [-0.39, 0.29) is 31.0 Å². The SMILES string of the molecule is CC(C)CCCC(C)Cc1ccccc1O.[H-].[Na+]. The molecule has 0 fully saturated rings. The van der Waals surface area contributed by atoms with Gasteiger partial charge in [0.1, 0.15) is 5.75 Å². The van der Waals surface area contributed by atoms with E-state index in [1.54, 1.807) is 6.07 Å². The molecule has 17 heavy (non-hydrogen) atoms. The average molecular weight is 244 g/mol. The standard InChI is InChI=1S/C15H24O.Na.H/c1-12(2)7-6-8-13(3)11-14-9-4-5-10-15(14)16;;/h4-5,9-10,12-13,16H,6-8,11H2,1-3H3;;/q;+1;-1. The van der Waals surface area contributed by atoms with Gasteiger partial charge in [0.05, 0.1) is 0 Å². The number of phenolic OH excluding ortho intramolecular Hbond substituents is 1. The maximum absolute atomic E-state index is 9.67. The van der Waals surface area contributed by atoms with Crippen molar-refractivity contribution in [3.63, 3.8) is 0 Å². The predicted octanol–water partition coefficient (Wildman–Crippen LogP) is 1.51. The van der Waals surface area contributed by atoms with Crippen molar-refractivity contribution >= 4 is 0 Å². The number of hydrogen-bond donors (Lipinski definition) is 1. The van der Waals surface area contributed by atoms with Crippen LogP contribution in [-0.4, -0.2) is 5.11 Å². The molecule has 0 aliphatic carbocycles. The summed E-state index contributed by atoms with van der Waals surface area (Å²) in [5.74, 6) is 1.91. The van der Waals surface area contributed by atoms with Crippen LogP contribution in [0.2, 0.25) is 0 Å². The minimum absolute atomic E-state index is 0. The summed E-state index contributed by atoms with van der Waals surface area (Å²) < 4.78 is 0. The van der Waals surface area contributed by atoms with Crippen LogP contribution < -0.4 is 29.6 Å². The van der Waals surface area contributed by atoms with E-state index in [1.165, 1.54) is 19.3 Å². The third-order valence-corrected chi connectivity index (χ3v) is 3.04. The Morgan fingerprint density at radius 1 is 1.12 bits per heavy atom. The zero-order chi connectivity index (χ0) is 12.0. The van der Waals surface area contributed by atoms with Crippen molar-refractivity contribution < 1.29 is 36.1 Å². The zero-order valence-electron chi connectivity index (χ0n) is 12.7. The van der Waals surface area contributed by atoms with Gasteiger partial charge in [-0.3, -0.25) is 0 Å². The van der Waals surface area contributed by atoms with Crippen LogP contribution in [0.5, 0.6) is 5.75 Å². The van der Waals surface area contributed by atoms with E-state index in [1.807, 2.05) is 18.2 Å². The Morgan fingerprint density at radius 2 is 1.76 bits per heavy atom. The summed E-state index contributed by atoms with van der Waals surface area (Å²) in [6.45, 7) is 6.81. The number of phenols is 1. The van der Waals surface area contributed by atoms with Crippen LogP contribution >= 0.6 is 0 Å². The van der Waals surface area contributed by atoms with Crippen molar-refractivity contribution in [2.75, 3.05) is 0 Å². The Hall–Kier alpha value is 0.0200. The van der Waals surface area contributed by atoms with Gasteiger partial charge in [0.15, 0.2) is 0 Å². The van der Waals surface area contributed by atoms with Crippen molar-refractivity contribution in [2.24, 2.45) is 11.8 Å². The molecule has 0 spiro atoms. The first-order valence-electron chi connectivity index (χ1n) is 6.36. The molecule has 1 aromatic carbocycles. The Balaban J connectivity index is 0. The molecule has 92 valence electrons. The van der Waals surface area contributed by atoms with Crippen molar-refractivity contribution in [2.45, 2.75) is 46.5 Å². The minimum atomic E-state index is 0. The Kier molecular flexibility index (Phi) is 9.03. The summed E-state index contributed by atoms with van der Waals surface area (Å²) >= 11 is 0. The summed E-state index contributed by atoms with van der Waals surface area (Å²) in [6.07, 6.45) is 4.86. The predicted molar refractivity (Wildman–Crippen MR) is 70.8 cm³/mol. The van der Waals surface area contributed by atoms with Crippen LogP contribution in [0, 0.1) is 11.8 Å². The van der Waals surface area contributed by atoms with Crippen LogP contribution in [-0.2, 0) is 6.42 Å². The van der Waals surface area contributed by atoms with Crippen LogP contribution in [0.1, 0.15) is 47.0 Å². The van der Waals surface area contributed by atoms with Gasteiger partial charge in [-0.15, -0.1) is 0 Å². The summed E-state index contributed by atoms with van der Waals surface area (Å²) in [6, 6.07) is 7.67. The third kappa shape index (κ3) is 7.13. The molecular formula is C15H25NaO. The normalized spacial score (nSPS) is 12.2. The largest absolute Gasteiger partial charge is 1.00 e. The Bertz CT molecular complexity index is 315. The quantitative estimate of drug-likeness (QED) is 0.752. The molecule has 1 unspecified atom stereocenters. The molecule has 1 N–H and O–H groups in total. The van der Waals surface area contributed by atoms with Gasteiger partial charge in [0.25, 0.3) is 0 Å². The van der Waals surface area contributed by atoms with Gasteiger partial charge in [0.2, 0.25) is 0 Å². The van der Waals surface area contributed by atoms with E-state index in [9.17, 15) is 5.11 Å². The molecule has 0 saturated heterocycles. The van der Waals surface area contributed by atoms with Crippen molar-refractivity contribution in [1.82, 2.24) is 0 Å². The first-order valence-corrected chi connectivity index (χ1v) is 6.36. The molecule has 0 radical (unpaired) electrons. The first-order chi connectivity index (χ1) is 7.59. The third-order valence-electron chi connectivity index (χ3n) is 3.04. The molecule has 1 aromatic rings. The average Bonchev–Trinajstić information content (AvgIpc) is 2.21. The molecule has 0 aliphatic heterocycles. The molecular weight excluding hydrogens is 219 g/mol. The Morgan fingerprint density at radius 3 is 2.35 bits per heavy atom. The fraction of sp³-hybridized carbons (Fsp3) is 0.600. The topological polar surface area (TPSA) is 20.2 Å². The van der Waals surface area contributed by atoms with Gasteiger partial charge < -0.3 is 6.53 Å². The second-order valence-corrected chi connectivity index (χ2v) is 5.26. The fourth-order valence-corrected chi connectivity index (χ4v) is 2.04. The van der Waals surface area contributed by atoms with Crippen molar-refractivity contribution in [3.05, 3.63) is 29.8 Å². The smallest absolute Gasteiger partial charge is 1.00 e. The summed E-state index contributed by atoms with van der Waals surface area (Å²) in [5, 5.41) is 9.67. The summed E-state index contributed by atoms with van der Waals surface area (Å²) in [4.78, 5) is 0. The molecule has 2 heteroatoms. The summed E-state index contributed by atoms with van der Waals surface area (Å²) in [5.41, 5.74) is 1.08. The maximum Gasteiger partial charge on any atom is 1.00 e. The van der Waals surface area contributed by atoms with Gasteiger partial charge in [-0.1, -0.05) is 58.2 Å². The molecule has 0 aliphatic rings. The van der Waals surface area contributed by atoms with Gasteiger partial charge in [-0.2, -0.15) is 0 Å². The van der Waals surface area contributed by atoms with Crippen molar-refractivity contribution in [1.29, 1.82) is 0 Å². The molecule has 0 amide bonds. The van der Waals surface area contributed by atoms with E-state index in [0.717, 1.165) is 17.9 Å². The van der Waals surface area contributed by atoms with E-state index in [0.29, 0.717) is 11.7 Å². The van der Waals surface area contributed by atoms with Gasteiger partial charge in [-0.05, 0) is 29.9 Å². The van der Waals surface area contributed by atoms with Gasteiger partial charge in [-0.25, -0.2) is 0 Å². The molecule has 0 heterocycles. The van der Waals surface area contributed by atoms with E-state index >= 15 is 0 Å².